The molecule has 0 fully saturated rings. The van der Waals surface area contributed by atoms with Crippen LogP contribution in [0.1, 0.15) is 68.6 Å². The first-order valence-corrected chi connectivity index (χ1v) is 8.07. The topological polar surface area (TPSA) is 52.6 Å². The van der Waals surface area contributed by atoms with Gasteiger partial charge in [-0.25, -0.2) is 4.79 Å². The van der Waals surface area contributed by atoms with Crippen LogP contribution in [-0.2, 0) is 9.53 Å². The molecule has 0 aliphatic rings. The molecule has 0 unspecified atom stereocenters. The molecular weight excluding hydrogens is 280 g/mol. The Balaban J connectivity index is 2.32. The maximum atomic E-state index is 11.8. The van der Waals surface area contributed by atoms with Gasteiger partial charge in [-0.15, -0.1) is 0 Å². The number of unbranched alkanes of at least 4 members (excludes halogenated alkanes) is 6. The Hall–Kier alpha value is -1.84. The van der Waals surface area contributed by atoms with E-state index in [0.29, 0.717) is 6.42 Å². The Morgan fingerprint density at radius 2 is 1.59 bits per heavy atom. The van der Waals surface area contributed by atoms with Crippen LogP contribution in [0.5, 0.6) is 5.75 Å². The molecule has 0 aliphatic heterocycles. The highest BCUT2D eigenvalue weighted by Crippen LogP contribution is 2.20. The smallest absolute Gasteiger partial charge is 0.341 e. The standard InChI is InChI=1S/C18H26O4/c1-3-4-5-6-7-8-9-14-17(19)22-16-13-11-10-12-15(16)18(20)21-2/h10-13H,3-9,14H2,1-2H3. The van der Waals surface area contributed by atoms with E-state index < -0.39 is 5.97 Å². The fraction of sp³-hybridized carbons (Fsp3) is 0.556. The molecule has 0 spiro atoms. The molecule has 0 aromatic heterocycles. The average Bonchev–Trinajstić information content (AvgIpc) is 2.54. The number of methoxy groups -OCH3 is 1. The Labute approximate surface area is 132 Å². The van der Waals surface area contributed by atoms with Crippen LogP contribution < -0.4 is 4.74 Å². The fourth-order valence-corrected chi connectivity index (χ4v) is 2.23. The minimum absolute atomic E-state index is 0.266. The van der Waals surface area contributed by atoms with E-state index in [1.807, 2.05) is 0 Å². The molecule has 122 valence electrons. The summed E-state index contributed by atoms with van der Waals surface area (Å²) < 4.78 is 9.95. The second kappa shape index (κ2) is 10.8. The first-order valence-electron chi connectivity index (χ1n) is 8.07. The zero-order chi connectivity index (χ0) is 16.2. The van der Waals surface area contributed by atoms with Crippen molar-refractivity contribution in [1.82, 2.24) is 0 Å². The minimum atomic E-state index is -0.501. The summed E-state index contributed by atoms with van der Waals surface area (Å²) in [5.41, 5.74) is 0.276. The predicted octanol–water partition coefficient (Wildman–Crippen LogP) is 4.52. The van der Waals surface area contributed by atoms with Crippen LogP contribution in [0.4, 0.5) is 0 Å². The molecule has 0 atom stereocenters. The lowest BCUT2D eigenvalue weighted by atomic mass is 10.1. The van der Waals surface area contributed by atoms with Crippen molar-refractivity contribution in [2.75, 3.05) is 7.11 Å². The number of benzene rings is 1. The zero-order valence-electron chi connectivity index (χ0n) is 13.6. The van der Waals surface area contributed by atoms with Gasteiger partial charge in [0.15, 0.2) is 0 Å². The lowest BCUT2D eigenvalue weighted by Crippen LogP contribution is -2.11. The summed E-state index contributed by atoms with van der Waals surface area (Å²) in [4.78, 5) is 23.4. The zero-order valence-corrected chi connectivity index (χ0v) is 13.6. The molecule has 4 nitrogen and oxygen atoms in total. The first kappa shape index (κ1) is 18.2. The number of carbonyl (C=O) groups excluding carboxylic acids is 2. The Morgan fingerprint density at radius 1 is 0.955 bits per heavy atom. The monoisotopic (exact) mass is 306 g/mol. The molecule has 22 heavy (non-hydrogen) atoms. The molecule has 1 aromatic carbocycles. The highest BCUT2D eigenvalue weighted by atomic mass is 16.5. The number of esters is 2. The van der Waals surface area contributed by atoms with Gasteiger partial charge in [-0.05, 0) is 18.6 Å². The molecule has 0 aliphatic carbocycles. The van der Waals surface area contributed by atoms with Crippen LogP contribution in [0.25, 0.3) is 0 Å². The van der Waals surface area contributed by atoms with Crippen molar-refractivity contribution in [3.63, 3.8) is 0 Å². The summed E-state index contributed by atoms with van der Waals surface area (Å²) in [7, 11) is 1.31. The van der Waals surface area contributed by atoms with E-state index in [-0.39, 0.29) is 17.3 Å². The molecule has 0 radical (unpaired) electrons. The van der Waals surface area contributed by atoms with Gasteiger partial charge in [0, 0.05) is 6.42 Å². The lowest BCUT2D eigenvalue weighted by Gasteiger charge is -2.08. The van der Waals surface area contributed by atoms with Gasteiger partial charge in [0.1, 0.15) is 11.3 Å². The SMILES string of the molecule is CCCCCCCCCC(=O)Oc1ccccc1C(=O)OC. The Kier molecular flexibility index (Phi) is 8.96. The molecule has 4 heteroatoms. The summed E-state index contributed by atoms with van der Waals surface area (Å²) in [5.74, 6) is -0.536. The number of carbonyl (C=O) groups is 2. The van der Waals surface area contributed by atoms with E-state index in [1.165, 1.54) is 32.8 Å². The van der Waals surface area contributed by atoms with E-state index in [0.717, 1.165) is 19.3 Å². The third-order valence-corrected chi connectivity index (χ3v) is 3.50. The van der Waals surface area contributed by atoms with Crippen molar-refractivity contribution in [3.05, 3.63) is 29.8 Å². The van der Waals surface area contributed by atoms with Crippen LogP contribution >= 0.6 is 0 Å². The van der Waals surface area contributed by atoms with E-state index in [1.54, 1.807) is 24.3 Å². The fourth-order valence-electron chi connectivity index (χ4n) is 2.23. The molecule has 0 N–H and O–H groups in total. The van der Waals surface area contributed by atoms with Crippen molar-refractivity contribution in [3.8, 4) is 5.75 Å². The molecule has 0 saturated carbocycles. The second-order valence-corrected chi connectivity index (χ2v) is 5.33. The Morgan fingerprint density at radius 3 is 2.27 bits per heavy atom. The summed E-state index contributed by atoms with van der Waals surface area (Å²) in [6.45, 7) is 2.20. The summed E-state index contributed by atoms with van der Waals surface area (Å²) in [6, 6.07) is 6.62. The number of hydrogen-bond donors (Lipinski definition) is 0. The van der Waals surface area contributed by atoms with E-state index in [9.17, 15) is 9.59 Å². The van der Waals surface area contributed by atoms with Crippen molar-refractivity contribution in [1.29, 1.82) is 0 Å². The van der Waals surface area contributed by atoms with Crippen LogP contribution in [0.2, 0.25) is 0 Å². The second-order valence-electron chi connectivity index (χ2n) is 5.33. The van der Waals surface area contributed by atoms with Crippen molar-refractivity contribution >= 4 is 11.9 Å². The molecule has 0 bridgehead atoms. The van der Waals surface area contributed by atoms with Crippen LogP contribution in [0.15, 0.2) is 24.3 Å². The summed E-state index contributed by atoms with van der Waals surface area (Å²) in [5, 5.41) is 0. The number of para-hydroxylation sites is 1. The lowest BCUT2D eigenvalue weighted by molar-refractivity contribution is -0.134. The van der Waals surface area contributed by atoms with Gasteiger partial charge >= 0.3 is 11.9 Å². The quantitative estimate of drug-likeness (QED) is 0.362. The molecule has 0 heterocycles. The van der Waals surface area contributed by atoms with E-state index in [4.69, 9.17) is 4.74 Å². The molecule has 0 saturated heterocycles. The highest BCUT2D eigenvalue weighted by molar-refractivity contribution is 5.93. The maximum Gasteiger partial charge on any atom is 0.341 e. The van der Waals surface area contributed by atoms with Crippen molar-refractivity contribution in [2.45, 2.75) is 58.3 Å². The van der Waals surface area contributed by atoms with Crippen molar-refractivity contribution in [2.24, 2.45) is 0 Å². The largest absolute Gasteiger partial charge is 0.465 e. The number of hydrogen-bond acceptors (Lipinski definition) is 4. The van der Waals surface area contributed by atoms with Gasteiger partial charge in [0.25, 0.3) is 0 Å². The Bertz CT molecular complexity index is 468. The number of ether oxygens (including phenoxy) is 2. The van der Waals surface area contributed by atoms with Gasteiger partial charge in [-0.2, -0.15) is 0 Å². The maximum absolute atomic E-state index is 11.8. The van der Waals surface area contributed by atoms with Gasteiger partial charge in [0.05, 0.1) is 7.11 Å². The van der Waals surface area contributed by atoms with Gasteiger partial charge in [0.2, 0.25) is 0 Å². The summed E-state index contributed by atoms with van der Waals surface area (Å²) >= 11 is 0. The third kappa shape index (κ3) is 6.74. The summed E-state index contributed by atoms with van der Waals surface area (Å²) in [6.07, 6.45) is 8.43. The molecule has 1 rings (SSSR count). The van der Waals surface area contributed by atoms with Crippen molar-refractivity contribution < 1.29 is 19.1 Å². The van der Waals surface area contributed by atoms with E-state index in [2.05, 4.69) is 11.7 Å². The third-order valence-electron chi connectivity index (χ3n) is 3.50. The van der Waals surface area contributed by atoms with Gasteiger partial charge < -0.3 is 9.47 Å². The average molecular weight is 306 g/mol. The predicted molar refractivity (Wildman–Crippen MR) is 86.0 cm³/mol. The first-order chi connectivity index (χ1) is 10.7. The van der Waals surface area contributed by atoms with Gasteiger partial charge in [-0.1, -0.05) is 57.6 Å². The van der Waals surface area contributed by atoms with Crippen LogP contribution in [0, 0.1) is 0 Å². The normalized spacial score (nSPS) is 10.3. The minimum Gasteiger partial charge on any atom is -0.465 e. The molecule has 1 aromatic rings. The van der Waals surface area contributed by atoms with Crippen LogP contribution in [0.3, 0.4) is 0 Å². The molecular formula is C18H26O4. The highest BCUT2D eigenvalue weighted by Gasteiger charge is 2.14. The van der Waals surface area contributed by atoms with Crippen LogP contribution in [-0.4, -0.2) is 19.0 Å². The number of rotatable bonds is 10. The van der Waals surface area contributed by atoms with E-state index >= 15 is 0 Å². The molecule has 0 amide bonds. The van der Waals surface area contributed by atoms with Gasteiger partial charge in [-0.3, -0.25) is 4.79 Å².